The summed E-state index contributed by atoms with van der Waals surface area (Å²) in [6.45, 7) is 0. The first-order valence-electron chi connectivity index (χ1n) is 9.20. The molecule has 0 radical (unpaired) electrons. The van der Waals surface area contributed by atoms with E-state index in [1.165, 1.54) is 17.7 Å². The van der Waals surface area contributed by atoms with E-state index in [9.17, 15) is 5.11 Å². The van der Waals surface area contributed by atoms with Crippen LogP contribution in [0.15, 0.2) is 48.5 Å². The van der Waals surface area contributed by atoms with Crippen LogP contribution in [0.1, 0.15) is 36.8 Å². The lowest BCUT2D eigenvalue weighted by atomic mass is 9.70. The molecule has 2 nitrogen and oxygen atoms in total. The second kappa shape index (κ2) is 9.12. The molecule has 1 aliphatic rings. The SMILES string of the molecule is CN(C)c1ccccc1CC1CCCCC1(O)Cc1cccc(Cl)c1.Cl. The van der Waals surface area contributed by atoms with Crippen LogP contribution in [0.3, 0.4) is 0 Å². The van der Waals surface area contributed by atoms with E-state index in [1.807, 2.05) is 18.2 Å². The number of benzene rings is 2. The van der Waals surface area contributed by atoms with Gasteiger partial charge in [0.25, 0.3) is 0 Å². The highest BCUT2D eigenvalue weighted by atomic mass is 35.5. The summed E-state index contributed by atoms with van der Waals surface area (Å²) in [5.41, 5.74) is 3.05. The Labute approximate surface area is 168 Å². The van der Waals surface area contributed by atoms with Crippen LogP contribution in [-0.2, 0) is 12.8 Å². The van der Waals surface area contributed by atoms with Crippen molar-refractivity contribution in [1.29, 1.82) is 0 Å². The van der Waals surface area contributed by atoms with Gasteiger partial charge in [0.2, 0.25) is 0 Å². The van der Waals surface area contributed by atoms with Crippen molar-refractivity contribution < 1.29 is 5.11 Å². The molecule has 1 N–H and O–H groups in total. The zero-order valence-electron chi connectivity index (χ0n) is 15.6. The molecule has 142 valence electrons. The largest absolute Gasteiger partial charge is 0.389 e. The van der Waals surface area contributed by atoms with Crippen molar-refractivity contribution in [3.8, 4) is 0 Å². The van der Waals surface area contributed by atoms with Gasteiger partial charge in [-0.2, -0.15) is 0 Å². The van der Waals surface area contributed by atoms with Crippen LogP contribution in [0.5, 0.6) is 0 Å². The smallest absolute Gasteiger partial charge is 0.0719 e. The average Bonchev–Trinajstić information content (AvgIpc) is 2.57. The molecule has 0 saturated heterocycles. The normalized spacial score (nSPS) is 22.5. The summed E-state index contributed by atoms with van der Waals surface area (Å²) in [6.07, 6.45) is 5.86. The number of rotatable bonds is 5. The van der Waals surface area contributed by atoms with Gasteiger partial charge >= 0.3 is 0 Å². The zero-order chi connectivity index (χ0) is 17.9. The van der Waals surface area contributed by atoms with Gasteiger partial charge in [0.05, 0.1) is 5.60 Å². The van der Waals surface area contributed by atoms with Crippen molar-refractivity contribution in [2.75, 3.05) is 19.0 Å². The van der Waals surface area contributed by atoms with E-state index in [1.54, 1.807) is 0 Å². The first kappa shape index (κ1) is 21.1. The topological polar surface area (TPSA) is 23.5 Å². The number of hydrogen-bond donors (Lipinski definition) is 1. The highest BCUT2D eigenvalue weighted by Crippen LogP contribution is 2.39. The van der Waals surface area contributed by atoms with Crippen LogP contribution in [-0.4, -0.2) is 24.8 Å². The van der Waals surface area contributed by atoms with E-state index in [0.29, 0.717) is 6.42 Å². The summed E-state index contributed by atoms with van der Waals surface area (Å²) >= 11 is 6.14. The molecule has 0 amide bonds. The quantitative estimate of drug-likeness (QED) is 0.720. The first-order valence-corrected chi connectivity index (χ1v) is 9.58. The molecule has 2 aromatic carbocycles. The third kappa shape index (κ3) is 4.94. The summed E-state index contributed by atoms with van der Waals surface area (Å²) in [5, 5.41) is 12.3. The number of hydrogen-bond acceptors (Lipinski definition) is 2. The average molecular weight is 394 g/mol. The number of halogens is 2. The molecule has 4 heteroatoms. The lowest BCUT2D eigenvalue weighted by Crippen LogP contribution is -2.43. The van der Waals surface area contributed by atoms with Crippen LogP contribution < -0.4 is 4.90 Å². The molecule has 0 aromatic heterocycles. The third-order valence-corrected chi connectivity index (χ3v) is 5.75. The van der Waals surface area contributed by atoms with E-state index in [0.717, 1.165) is 36.3 Å². The lowest BCUT2D eigenvalue weighted by Gasteiger charge is -2.41. The van der Waals surface area contributed by atoms with Crippen LogP contribution in [0.2, 0.25) is 5.02 Å². The molecule has 26 heavy (non-hydrogen) atoms. The van der Waals surface area contributed by atoms with Crippen LogP contribution in [0, 0.1) is 5.92 Å². The monoisotopic (exact) mass is 393 g/mol. The molecular formula is C22H29Cl2NO. The third-order valence-electron chi connectivity index (χ3n) is 5.51. The Morgan fingerprint density at radius 1 is 1.12 bits per heavy atom. The van der Waals surface area contributed by atoms with Crippen molar-refractivity contribution in [2.45, 2.75) is 44.1 Å². The molecule has 1 saturated carbocycles. The number of aliphatic hydroxyl groups is 1. The van der Waals surface area contributed by atoms with Gasteiger partial charge in [0, 0.05) is 31.2 Å². The van der Waals surface area contributed by atoms with Gasteiger partial charge in [0.1, 0.15) is 0 Å². The maximum atomic E-state index is 11.5. The minimum absolute atomic E-state index is 0. The van der Waals surface area contributed by atoms with Crippen LogP contribution >= 0.6 is 24.0 Å². The van der Waals surface area contributed by atoms with Gasteiger partial charge in [-0.05, 0) is 54.5 Å². The molecule has 3 rings (SSSR count). The van der Waals surface area contributed by atoms with E-state index in [4.69, 9.17) is 11.6 Å². The van der Waals surface area contributed by atoms with E-state index in [-0.39, 0.29) is 18.3 Å². The summed E-state index contributed by atoms with van der Waals surface area (Å²) in [4.78, 5) is 2.16. The van der Waals surface area contributed by atoms with Gasteiger partial charge in [-0.15, -0.1) is 12.4 Å². The van der Waals surface area contributed by atoms with E-state index >= 15 is 0 Å². The van der Waals surface area contributed by atoms with Gasteiger partial charge in [-0.25, -0.2) is 0 Å². The summed E-state index contributed by atoms with van der Waals surface area (Å²) in [6, 6.07) is 16.5. The predicted molar refractivity (Wildman–Crippen MR) is 114 cm³/mol. The van der Waals surface area contributed by atoms with Gasteiger partial charge in [-0.1, -0.05) is 54.8 Å². The maximum absolute atomic E-state index is 11.5. The molecule has 0 spiro atoms. The Hall–Kier alpha value is -1.22. The highest BCUT2D eigenvalue weighted by Gasteiger charge is 2.39. The van der Waals surface area contributed by atoms with Crippen LogP contribution in [0.4, 0.5) is 5.69 Å². The molecular weight excluding hydrogens is 365 g/mol. The Morgan fingerprint density at radius 3 is 2.62 bits per heavy atom. The summed E-state index contributed by atoms with van der Waals surface area (Å²) in [5.74, 6) is 0.279. The maximum Gasteiger partial charge on any atom is 0.0719 e. The Balaban J connectivity index is 0.00000243. The summed E-state index contributed by atoms with van der Waals surface area (Å²) in [7, 11) is 4.16. The molecule has 1 fully saturated rings. The van der Waals surface area contributed by atoms with Crippen molar-refractivity contribution in [3.63, 3.8) is 0 Å². The molecule has 0 aliphatic heterocycles. The zero-order valence-corrected chi connectivity index (χ0v) is 17.2. The molecule has 2 unspecified atom stereocenters. The molecule has 0 heterocycles. The molecule has 2 atom stereocenters. The Morgan fingerprint density at radius 2 is 1.88 bits per heavy atom. The van der Waals surface area contributed by atoms with Crippen LogP contribution in [0.25, 0.3) is 0 Å². The minimum atomic E-state index is -0.650. The lowest BCUT2D eigenvalue weighted by molar-refractivity contribution is -0.0476. The number of anilines is 1. The van der Waals surface area contributed by atoms with Crippen molar-refractivity contribution in [1.82, 2.24) is 0 Å². The second-order valence-corrected chi connectivity index (χ2v) is 8.02. The van der Waals surface area contributed by atoms with E-state index in [2.05, 4.69) is 49.3 Å². The van der Waals surface area contributed by atoms with Crippen molar-refractivity contribution in [3.05, 3.63) is 64.7 Å². The van der Waals surface area contributed by atoms with Gasteiger partial charge in [0.15, 0.2) is 0 Å². The minimum Gasteiger partial charge on any atom is -0.389 e. The standard InChI is InChI=1S/C22H28ClNO.ClH/c1-24(2)21-12-4-3-9-18(21)15-19-10-5-6-13-22(19,25)16-17-8-7-11-20(23)14-17;/h3-4,7-9,11-12,14,19,25H,5-6,10,13,15-16H2,1-2H3;1H. The van der Waals surface area contributed by atoms with Crippen molar-refractivity contribution in [2.24, 2.45) is 5.92 Å². The first-order chi connectivity index (χ1) is 12.0. The number of nitrogens with zero attached hydrogens (tertiary/aromatic N) is 1. The van der Waals surface area contributed by atoms with Gasteiger partial charge < -0.3 is 10.0 Å². The number of para-hydroxylation sites is 1. The molecule has 1 aliphatic carbocycles. The Kier molecular flexibility index (Phi) is 7.40. The van der Waals surface area contributed by atoms with Gasteiger partial charge in [-0.3, -0.25) is 0 Å². The Bertz CT molecular complexity index is 719. The van der Waals surface area contributed by atoms with Crippen molar-refractivity contribution >= 4 is 29.7 Å². The highest BCUT2D eigenvalue weighted by molar-refractivity contribution is 6.30. The fourth-order valence-corrected chi connectivity index (χ4v) is 4.42. The molecule has 2 aromatic rings. The fraction of sp³-hybridized carbons (Fsp3) is 0.455. The van der Waals surface area contributed by atoms with E-state index < -0.39 is 5.60 Å². The summed E-state index contributed by atoms with van der Waals surface area (Å²) < 4.78 is 0. The predicted octanol–water partition coefficient (Wildman–Crippen LogP) is 5.53. The molecule has 0 bridgehead atoms. The second-order valence-electron chi connectivity index (χ2n) is 7.58. The fourth-order valence-electron chi connectivity index (χ4n) is 4.21.